The Bertz CT molecular complexity index is 638. The average Bonchev–Trinajstić information content (AvgIpc) is 2.46. The lowest BCUT2D eigenvalue weighted by atomic mass is 10.0. The summed E-state index contributed by atoms with van der Waals surface area (Å²) in [5, 5.41) is 8.93. The molecule has 0 amide bonds. The predicted octanol–water partition coefficient (Wildman–Crippen LogP) is 4.20. The number of benzene rings is 2. The van der Waals surface area contributed by atoms with Gasteiger partial charge in [0.15, 0.2) is 0 Å². The monoisotopic (exact) mass is 264 g/mol. The van der Waals surface area contributed by atoms with Crippen LogP contribution in [0.5, 0.6) is 0 Å². The van der Waals surface area contributed by atoms with Gasteiger partial charge in [-0.05, 0) is 61.7 Å². The first-order valence-electron chi connectivity index (χ1n) is 6.95. The minimum atomic E-state index is 0.727. The summed E-state index contributed by atoms with van der Waals surface area (Å²) in [4.78, 5) is 2.35. The lowest BCUT2D eigenvalue weighted by molar-refractivity contribution is 0.826. The molecule has 20 heavy (non-hydrogen) atoms. The van der Waals surface area contributed by atoms with Gasteiger partial charge in [0.1, 0.15) is 0 Å². The van der Waals surface area contributed by atoms with Crippen molar-refractivity contribution in [3.05, 3.63) is 64.7 Å². The molecule has 0 N–H and O–H groups in total. The fraction of sp³-hybridized carbons (Fsp3) is 0.278. The standard InChI is InChI=1S/C18H20N2/c1-4-20(18-7-5-6-14(2)10-18)13-17-9-8-16(12-19)11-15(17)3/h5-11H,4,13H2,1-3H3. The van der Waals surface area contributed by atoms with Gasteiger partial charge >= 0.3 is 0 Å². The molecule has 0 atom stereocenters. The van der Waals surface area contributed by atoms with Crippen molar-refractivity contribution in [3.63, 3.8) is 0 Å². The van der Waals surface area contributed by atoms with E-state index in [9.17, 15) is 0 Å². The van der Waals surface area contributed by atoms with E-state index in [0.717, 1.165) is 18.7 Å². The third-order valence-corrected chi connectivity index (χ3v) is 3.58. The molecule has 2 rings (SSSR count). The number of hydrogen-bond donors (Lipinski definition) is 0. The molecule has 0 spiro atoms. The third kappa shape index (κ3) is 3.19. The number of hydrogen-bond acceptors (Lipinski definition) is 2. The van der Waals surface area contributed by atoms with Crippen molar-refractivity contribution in [2.24, 2.45) is 0 Å². The Kier molecular flexibility index (Phi) is 4.42. The maximum atomic E-state index is 8.93. The van der Waals surface area contributed by atoms with Crippen LogP contribution in [0.3, 0.4) is 0 Å². The average molecular weight is 264 g/mol. The highest BCUT2D eigenvalue weighted by Gasteiger charge is 2.08. The Morgan fingerprint density at radius 1 is 1.10 bits per heavy atom. The Balaban J connectivity index is 2.25. The van der Waals surface area contributed by atoms with Crippen molar-refractivity contribution < 1.29 is 0 Å². The zero-order valence-electron chi connectivity index (χ0n) is 12.4. The predicted molar refractivity (Wildman–Crippen MR) is 83.8 cm³/mol. The van der Waals surface area contributed by atoms with Gasteiger partial charge in [-0.2, -0.15) is 5.26 Å². The molecule has 0 saturated carbocycles. The lowest BCUT2D eigenvalue weighted by Gasteiger charge is -2.24. The zero-order valence-corrected chi connectivity index (χ0v) is 12.4. The maximum absolute atomic E-state index is 8.93. The minimum absolute atomic E-state index is 0.727. The molecule has 102 valence electrons. The van der Waals surface area contributed by atoms with Crippen LogP contribution in [0, 0.1) is 25.2 Å². The van der Waals surface area contributed by atoms with Gasteiger partial charge in [0, 0.05) is 18.8 Å². The second-order valence-corrected chi connectivity index (χ2v) is 5.11. The molecule has 0 saturated heterocycles. The van der Waals surface area contributed by atoms with Gasteiger partial charge in [0.25, 0.3) is 0 Å². The Morgan fingerprint density at radius 3 is 2.50 bits per heavy atom. The normalized spacial score (nSPS) is 10.1. The number of anilines is 1. The van der Waals surface area contributed by atoms with Crippen molar-refractivity contribution in [2.75, 3.05) is 11.4 Å². The number of nitrogens with zero attached hydrogens (tertiary/aromatic N) is 2. The van der Waals surface area contributed by atoms with Crippen LogP contribution in [0.1, 0.15) is 29.2 Å². The molecule has 0 aromatic heterocycles. The van der Waals surface area contributed by atoms with Crippen LogP contribution in [-0.2, 0) is 6.54 Å². The van der Waals surface area contributed by atoms with E-state index < -0.39 is 0 Å². The highest BCUT2D eigenvalue weighted by atomic mass is 15.1. The van der Waals surface area contributed by atoms with Crippen LogP contribution < -0.4 is 4.90 Å². The van der Waals surface area contributed by atoms with Crippen LogP contribution >= 0.6 is 0 Å². The molecule has 2 heteroatoms. The lowest BCUT2D eigenvalue weighted by Crippen LogP contribution is -2.22. The molecule has 0 fully saturated rings. The van der Waals surface area contributed by atoms with E-state index in [2.05, 4.69) is 62.1 Å². The molecule has 0 aliphatic rings. The Labute approximate surface area is 121 Å². The van der Waals surface area contributed by atoms with E-state index in [1.54, 1.807) is 0 Å². The second-order valence-electron chi connectivity index (χ2n) is 5.11. The molecular formula is C18H20N2. The van der Waals surface area contributed by atoms with E-state index in [1.165, 1.54) is 22.4 Å². The first kappa shape index (κ1) is 14.1. The topological polar surface area (TPSA) is 27.0 Å². The first-order chi connectivity index (χ1) is 9.63. The minimum Gasteiger partial charge on any atom is -0.367 e. The quantitative estimate of drug-likeness (QED) is 0.827. The van der Waals surface area contributed by atoms with Crippen molar-refractivity contribution >= 4 is 5.69 Å². The maximum Gasteiger partial charge on any atom is 0.0991 e. The van der Waals surface area contributed by atoms with Gasteiger partial charge in [0.2, 0.25) is 0 Å². The van der Waals surface area contributed by atoms with Gasteiger partial charge in [-0.3, -0.25) is 0 Å². The van der Waals surface area contributed by atoms with Gasteiger partial charge in [-0.25, -0.2) is 0 Å². The summed E-state index contributed by atoms with van der Waals surface area (Å²) in [7, 11) is 0. The SMILES string of the molecule is CCN(Cc1ccc(C#N)cc1C)c1cccc(C)c1. The molecule has 0 aliphatic heterocycles. The third-order valence-electron chi connectivity index (χ3n) is 3.58. The number of aryl methyl sites for hydroxylation is 2. The Morgan fingerprint density at radius 2 is 1.90 bits per heavy atom. The summed E-state index contributed by atoms with van der Waals surface area (Å²) in [6, 6.07) is 16.7. The Hall–Kier alpha value is -2.27. The molecular weight excluding hydrogens is 244 g/mol. The van der Waals surface area contributed by atoms with Crippen molar-refractivity contribution in [3.8, 4) is 6.07 Å². The van der Waals surface area contributed by atoms with Gasteiger partial charge < -0.3 is 4.90 Å². The van der Waals surface area contributed by atoms with Gasteiger partial charge in [-0.1, -0.05) is 18.2 Å². The van der Waals surface area contributed by atoms with Gasteiger partial charge in [0.05, 0.1) is 11.6 Å². The van der Waals surface area contributed by atoms with Crippen LogP contribution in [0.4, 0.5) is 5.69 Å². The van der Waals surface area contributed by atoms with E-state index in [0.29, 0.717) is 0 Å². The van der Waals surface area contributed by atoms with Crippen molar-refractivity contribution in [2.45, 2.75) is 27.3 Å². The van der Waals surface area contributed by atoms with Gasteiger partial charge in [-0.15, -0.1) is 0 Å². The fourth-order valence-electron chi connectivity index (χ4n) is 2.36. The summed E-state index contributed by atoms with van der Waals surface area (Å²) in [6.45, 7) is 8.19. The van der Waals surface area contributed by atoms with Crippen LogP contribution in [0.15, 0.2) is 42.5 Å². The van der Waals surface area contributed by atoms with Crippen LogP contribution in [-0.4, -0.2) is 6.54 Å². The number of nitriles is 1. The molecule has 2 aromatic carbocycles. The molecule has 0 heterocycles. The smallest absolute Gasteiger partial charge is 0.0991 e. The number of rotatable bonds is 4. The highest BCUT2D eigenvalue weighted by molar-refractivity contribution is 5.49. The molecule has 0 aliphatic carbocycles. The van der Waals surface area contributed by atoms with E-state index >= 15 is 0 Å². The fourth-order valence-corrected chi connectivity index (χ4v) is 2.36. The summed E-state index contributed by atoms with van der Waals surface area (Å²) >= 11 is 0. The largest absolute Gasteiger partial charge is 0.367 e. The summed E-state index contributed by atoms with van der Waals surface area (Å²) < 4.78 is 0. The highest BCUT2D eigenvalue weighted by Crippen LogP contribution is 2.20. The zero-order chi connectivity index (χ0) is 14.5. The van der Waals surface area contributed by atoms with E-state index in [4.69, 9.17) is 5.26 Å². The van der Waals surface area contributed by atoms with Crippen LogP contribution in [0.25, 0.3) is 0 Å². The van der Waals surface area contributed by atoms with E-state index in [-0.39, 0.29) is 0 Å². The molecule has 2 aromatic rings. The second kappa shape index (κ2) is 6.25. The molecule has 0 unspecified atom stereocenters. The molecule has 0 radical (unpaired) electrons. The van der Waals surface area contributed by atoms with Crippen LogP contribution in [0.2, 0.25) is 0 Å². The summed E-state index contributed by atoms with van der Waals surface area (Å²) in [6.07, 6.45) is 0. The first-order valence-corrected chi connectivity index (χ1v) is 6.95. The molecule has 0 bridgehead atoms. The van der Waals surface area contributed by atoms with E-state index in [1.807, 2.05) is 12.1 Å². The summed E-state index contributed by atoms with van der Waals surface area (Å²) in [5.74, 6) is 0. The van der Waals surface area contributed by atoms with Crippen molar-refractivity contribution in [1.29, 1.82) is 5.26 Å². The van der Waals surface area contributed by atoms with Crippen molar-refractivity contribution in [1.82, 2.24) is 0 Å². The molecule has 2 nitrogen and oxygen atoms in total. The summed E-state index contributed by atoms with van der Waals surface area (Å²) in [5.41, 5.74) is 5.70.